The lowest BCUT2D eigenvalue weighted by atomic mass is 9.99. The van der Waals surface area contributed by atoms with Gasteiger partial charge in [-0.05, 0) is 17.7 Å². The van der Waals surface area contributed by atoms with Crippen LogP contribution in [0.2, 0.25) is 5.02 Å². The first kappa shape index (κ1) is 12.8. The maximum atomic E-state index is 9.52. The second-order valence-electron chi connectivity index (χ2n) is 4.49. The van der Waals surface area contributed by atoms with Crippen LogP contribution in [-0.2, 0) is 0 Å². The van der Waals surface area contributed by atoms with Gasteiger partial charge >= 0.3 is 0 Å². The Hall–Kier alpha value is -0.610. The van der Waals surface area contributed by atoms with Crippen molar-refractivity contribution in [3.05, 3.63) is 34.9 Å². The van der Waals surface area contributed by atoms with Gasteiger partial charge in [-0.3, -0.25) is 0 Å². The molecule has 1 aromatic carbocycles. The maximum Gasteiger partial charge on any atom is 0.0512 e. The van der Waals surface area contributed by atoms with Gasteiger partial charge in [0.25, 0.3) is 0 Å². The highest BCUT2D eigenvalue weighted by atomic mass is 35.5. The number of hydrogen-bond acceptors (Lipinski definition) is 3. The van der Waals surface area contributed by atoms with E-state index in [2.05, 4.69) is 10.2 Å². The largest absolute Gasteiger partial charge is 0.396 e. The fraction of sp³-hybridized carbons (Fsp3) is 0.538. The van der Waals surface area contributed by atoms with Crippen LogP contribution in [-0.4, -0.2) is 49.3 Å². The summed E-state index contributed by atoms with van der Waals surface area (Å²) in [6, 6.07) is 7.79. The molecule has 4 heteroatoms. The van der Waals surface area contributed by atoms with E-state index < -0.39 is 0 Å². The molecule has 0 bridgehead atoms. The Labute approximate surface area is 107 Å². The molecule has 3 nitrogen and oxygen atoms in total. The van der Waals surface area contributed by atoms with Crippen LogP contribution in [0.15, 0.2) is 24.3 Å². The van der Waals surface area contributed by atoms with Crippen molar-refractivity contribution in [2.24, 2.45) is 0 Å². The lowest BCUT2D eigenvalue weighted by Crippen LogP contribution is -2.45. The predicted molar refractivity (Wildman–Crippen MR) is 70.6 cm³/mol. The number of nitrogens with one attached hydrogen (secondary N) is 1. The van der Waals surface area contributed by atoms with E-state index in [0.717, 1.165) is 43.3 Å². The van der Waals surface area contributed by atoms with E-state index in [1.54, 1.807) is 0 Å². The van der Waals surface area contributed by atoms with Gasteiger partial charge in [0, 0.05) is 43.7 Å². The van der Waals surface area contributed by atoms with Gasteiger partial charge in [-0.25, -0.2) is 0 Å². The van der Waals surface area contributed by atoms with E-state index in [0.29, 0.717) is 0 Å². The monoisotopic (exact) mass is 254 g/mol. The van der Waals surface area contributed by atoms with Crippen LogP contribution in [0.1, 0.15) is 11.5 Å². The molecule has 0 aromatic heterocycles. The highest BCUT2D eigenvalue weighted by Gasteiger charge is 2.17. The number of aliphatic hydroxyl groups excluding tert-OH is 1. The summed E-state index contributed by atoms with van der Waals surface area (Å²) in [4.78, 5) is 2.39. The topological polar surface area (TPSA) is 35.5 Å². The summed E-state index contributed by atoms with van der Waals surface area (Å²) >= 11 is 5.98. The molecule has 94 valence electrons. The summed E-state index contributed by atoms with van der Waals surface area (Å²) in [7, 11) is 0. The standard InChI is InChI=1S/C13H19ClN2O/c14-13-3-1-2-11(8-13)12(10-17)9-16-6-4-15-5-7-16/h1-3,8,12,15,17H,4-7,9-10H2. The molecule has 0 amide bonds. The first-order valence-electron chi connectivity index (χ1n) is 6.09. The second-order valence-corrected chi connectivity index (χ2v) is 4.92. The quantitative estimate of drug-likeness (QED) is 0.851. The Morgan fingerprint density at radius 3 is 2.76 bits per heavy atom. The minimum Gasteiger partial charge on any atom is -0.396 e. The molecule has 1 aromatic rings. The van der Waals surface area contributed by atoms with Gasteiger partial charge in [-0.1, -0.05) is 23.7 Å². The van der Waals surface area contributed by atoms with E-state index in [1.807, 2.05) is 24.3 Å². The summed E-state index contributed by atoms with van der Waals surface area (Å²) in [5, 5.41) is 13.6. The molecule has 1 aliphatic rings. The zero-order valence-corrected chi connectivity index (χ0v) is 10.7. The van der Waals surface area contributed by atoms with Gasteiger partial charge < -0.3 is 15.3 Å². The molecule has 0 spiro atoms. The van der Waals surface area contributed by atoms with Crippen molar-refractivity contribution in [1.29, 1.82) is 0 Å². The van der Waals surface area contributed by atoms with E-state index in [-0.39, 0.29) is 12.5 Å². The Morgan fingerprint density at radius 2 is 2.12 bits per heavy atom. The number of halogens is 1. The normalized spacial score (nSPS) is 19.2. The van der Waals surface area contributed by atoms with Crippen LogP contribution < -0.4 is 5.32 Å². The summed E-state index contributed by atoms with van der Waals surface area (Å²) in [5.41, 5.74) is 1.12. The molecule has 2 N–H and O–H groups in total. The van der Waals surface area contributed by atoms with Crippen molar-refractivity contribution >= 4 is 11.6 Å². The summed E-state index contributed by atoms with van der Waals surface area (Å²) in [6.07, 6.45) is 0. The Balaban J connectivity index is 2.00. The van der Waals surface area contributed by atoms with Gasteiger partial charge in [0.05, 0.1) is 6.61 Å². The highest BCUT2D eigenvalue weighted by molar-refractivity contribution is 6.30. The first-order chi connectivity index (χ1) is 8.29. The van der Waals surface area contributed by atoms with Gasteiger partial charge in [0.15, 0.2) is 0 Å². The van der Waals surface area contributed by atoms with Crippen molar-refractivity contribution in [3.8, 4) is 0 Å². The van der Waals surface area contributed by atoms with Gasteiger partial charge in [0.1, 0.15) is 0 Å². The Bertz CT molecular complexity index is 353. The molecule has 1 aliphatic heterocycles. The molecular weight excluding hydrogens is 236 g/mol. The zero-order chi connectivity index (χ0) is 12.1. The number of rotatable bonds is 4. The van der Waals surface area contributed by atoms with E-state index >= 15 is 0 Å². The van der Waals surface area contributed by atoms with Crippen molar-refractivity contribution in [1.82, 2.24) is 10.2 Å². The number of piperazine rings is 1. The third-order valence-corrected chi connectivity index (χ3v) is 3.46. The van der Waals surface area contributed by atoms with Crippen LogP contribution in [0.25, 0.3) is 0 Å². The lowest BCUT2D eigenvalue weighted by molar-refractivity contribution is 0.185. The van der Waals surface area contributed by atoms with E-state index in [9.17, 15) is 5.11 Å². The molecule has 2 rings (SSSR count). The molecule has 1 unspecified atom stereocenters. The summed E-state index contributed by atoms with van der Waals surface area (Å²) in [5.74, 6) is 0.159. The minimum absolute atomic E-state index is 0.159. The van der Waals surface area contributed by atoms with Crippen molar-refractivity contribution < 1.29 is 5.11 Å². The SMILES string of the molecule is OCC(CN1CCNCC1)c1cccc(Cl)c1. The van der Waals surface area contributed by atoms with Gasteiger partial charge in [0.2, 0.25) is 0 Å². The Kier molecular flexibility index (Phi) is 4.80. The van der Waals surface area contributed by atoms with E-state index in [1.165, 1.54) is 0 Å². The van der Waals surface area contributed by atoms with Crippen LogP contribution >= 0.6 is 11.6 Å². The number of benzene rings is 1. The smallest absolute Gasteiger partial charge is 0.0512 e. The fourth-order valence-corrected chi connectivity index (χ4v) is 2.43. The minimum atomic E-state index is 0.159. The third kappa shape index (κ3) is 3.68. The van der Waals surface area contributed by atoms with E-state index in [4.69, 9.17) is 11.6 Å². The number of hydrogen-bond donors (Lipinski definition) is 2. The first-order valence-corrected chi connectivity index (χ1v) is 6.47. The fourth-order valence-electron chi connectivity index (χ4n) is 2.23. The van der Waals surface area contributed by atoms with Crippen LogP contribution in [0, 0.1) is 0 Å². The lowest BCUT2D eigenvalue weighted by Gasteiger charge is -2.30. The summed E-state index contributed by atoms with van der Waals surface area (Å²) in [6.45, 7) is 5.25. The molecule has 1 atom stereocenters. The number of aliphatic hydroxyl groups is 1. The molecule has 1 saturated heterocycles. The molecular formula is C13H19ClN2O. The van der Waals surface area contributed by atoms with Crippen molar-refractivity contribution in [2.45, 2.75) is 5.92 Å². The molecule has 1 heterocycles. The average Bonchev–Trinajstić information content (AvgIpc) is 2.37. The second kappa shape index (κ2) is 6.36. The molecule has 0 radical (unpaired) electrons. The number of nitrogens with zero attached hydrogens (tertiary/aromatic N) is 1. The van der Waals surface area contributed by atoms with Crippen LogP contribution in [0.5, 0.6) is 0 Å². The maximum absolute atomic E-state index is 9.52. The molecule has 1 fully saturated rings. The van der Waals surface area contributed by atoms with Gasteiger partial charge in [-0.15, -0.1) is 0 Å². The highest BCUT2D eigenvalue weighted by Crippen LogP contribution is 2.20. The molecule has 17 heavy (non-hydrogen) atoms. The zero-order valence-electron chi connectivity index (χ0n) is 9.90. The summed E-state index contributed by atoms with van der Waals surface area (Å²) < 4.78 is 0. The van der Waals surface area contributed by atoms with Crippen molar-refractivity contribution in [3.63, 3.8) is 0 Å². The average molecular weight is 255 g/mol. The van der Waals surface area contributed by atoms with Crippen LogP contribution in [0.4, 0.5) is 0 Å². The van der Waals surface area contributed by atoms with Crippen molar-refractivity contribution in [2.75, 3.05) is 39.3 Å². The van der Waals surface area contributed by atoms with Crippen LogP contribution in [0.3, 0.4) is 0 Å². The predicted octanol–water partition coefficient (Wildman–Crippen LogP) is 1.32. The Morgan fingerprint density at radius 1 is 1.35 bits per heavy atom. The molecule has 0 saturated carbocycles. The van der Waals surface area contributed by atoms with Gasteiger partial charge in [-0.2, -0.15) is 0 Å². The molecule has 0 aliphatic carbocycles. The third-order valence-electron chi connectivity index (χ3n) is 3.23.